The van der Waals surface area contributed by atoms with Gasteiger partial charge in [-0.3, -0.25) is 4.79 Å². The molecule has 3 N–H and O–H groups in total. The van der Waals surface area contributed by atoms with E-state index in [0.29, 0.717) is 18.0 Å². The summed E-state index contributed by atoms with van der Waals surface area (Å²) in [6.07, 6.45) is 4.13. The number of amides is 1. The molecule has 3 rings (SSSR count). The van der Waals surface area contributed by atoms with Gasteiger partial charge in [-0.05, 0) is 36.8 Å². The zero-order valence-corrected chi connectivity index (χ0v) is 12.7. The predicted molar refractivity (Wildman–Crippen MR) is 85.2 cm³/mol. The van der Waals surface area contributed by atoms with Crippen LogP contribution in [-0.2, 0) is 24.1 Å². The number of benzene rings is 1. The Kier molecular flexibility index (Phi) is 4.20. The Bertz CT molecular complexity index is 638. The number of aromatic nitrogens is 1. The second-order valence-electron chi connectivity index (χ2n) is 5.45. The molecule has 1 aliphatic carbocycles. The Hall–Kier alpha value is -1.88. The molecule has 0 saturated carbocycles. The van der Waals surface area contributed by atoms with Gasteiger partial charge >= 0.3 is 0 Å². The van der Waals surface area contributed by atoms with Crippen LogP contribution in [0.2, 0.25) is 0 Å². The molecule has 1 amide bonds. The van der Waals surface area contributed by atoms with E-state index in [2.05, 4.69) is 34.6 Å². The lowest BCUT2D eigenvalue weighted by molar-refractivity contribution is -0.121. The van der Waals surface area contributed by atoms with Gasteiger partial charge in [0.05, 0.1) is 5.69 Å². The summed E-state index contributed by atoms with van der Waals surface area (Å²) < 4.78 is 0. The third-order valence-electron chi connectivity index (χ3n) is 3.89. The normalized spacial score (nSPS) is 17.2. The summed E-state index contributed by atoms with van der Waals surface area (Å²) >= 11 is 1.42. The van der Waals surface area contributed by atoms with E-state index in [-0.39, 0.29) is 11.9 Å². The molecule has 1 aromatic heterocycles. The van der Waals surface area contributed by atoms with E-state index in [1.54, 1.807) is 0 Å². The summed E-state index contributed by atoms with van der Waals surface area (Å²) in [5.74, 6) is 0.103. The van der Waals surface area contributed by atoms with Gasteiger partial charge in [0.2, 0.25) is 5.91 Å². The summed E-state index contributed by atoms with van der Waals surface area (Å²) in [4.78, 5) is 16.2. The van der Waals surface area contributed by atoms with Crippen molar-refractivity contribution >= 4 is 22.4 Å². The molecule has 1 atom stereocenters. The van der Waals surface area contributed by atoms with Crippen molar-refractivity contribution < 1.29 is 4.79 Å². The molecule has 0 aliphatic heterocycles. The molecule has 0 spiro atoms. The van der Waals surface area contributed by atoms with E-state index in [4.69, 9.17) is 5.73 Å². The van der Waals surface area contributed by atoms with Crippen LogP contribution in [0.3, 0.4) is 0 Å². The molecule has 1 aromatic carbocycles. The van der Waals surface area contributed by atoms with Crippen molar-refractivity contribution in [3.63, 3.8) is 0 Å². The third kappa shape index (κ3) is 3.61. The number of hydrogen-bond acceptors (Lipinski definition) is 4. The predicted octanol–water partition coefficient (Wildman–Crippen LogP) is 2.33. The average molecular weight is 301 g/mol. The van der Waals surface area contributed by atoms with Crippen LogP contribution in [0.5, 0.6) is 0 Å². The smallest absolute Gasteiger partial charge is 0.220 e. The van der Waals surface area contributed by atoms with Gasteiger partial charge in [-0.2, -0.15) is 0 Å². The number of thiazole rings is 1. The fraction of sp³-hybridized carbons (Fsp3) is 0.375. The molecular formula is C16H19N3OS. The number of fused-ring (bicyclic) bond motifs is 1. The fourth-order valence-corrected chi connectivity index (χ4v) is 3.40. The summed E-state index contributed by atoms with van der Waals surface area (Å²) in [5, 5.41) is 5.62. The number of hydrogen-bond donors (Lipinski definition) is 2. The molecule has 21 heavy (non-hydrogen) atoms. The minimum absolute atomic E-state index is 0.103. The highest BCUT2D eigenvalue weighted by Crippen LogP contribution is 2.21. The second-order valence-corrected chi connectivity index (χ2v) is 6.34. The van der Waals surface area contributed by atoms with Gasteiger partial charge in [0, 0.05) is 17.8 Å². The van der Waals surface area contributed by atoms with Crippen LogP contribution in [-0.4, -0.2) is 16.9 Å². The number of nitrogens with one attached hydrogen (secondary N) is 1. The van der Waals surface area contributed by atoms with Gasteiger partial charge in [-0.25, -0.2) is 4.98 Å². The topological polar surface area (TPSA) is 68.0 Å². The van der Waals surface area contributed by atoms with Crippen LogP contribution in [0, 0.1) is 0 Å². The number of aryl methyl sites for hydroxylation is 2. The standard InChI is InChI=1S/C16H19N3OS/c17-16-19-14(10-21-16)7-8-15(20)18-13-6-5-11-3-1-2-4-12(11)9-13/h1-4,10,13H,5-9H2,(H2,17,19)(H,18,20). The van der Waals surface area contributed by atoms with Crippen molar-refractivity contribution in [2.75, 3.05) is 5.73 Å². The minimum Gasteiger partial charge on any atom is -0.375 e. The van der Waals surface area contributed by atoms with Gasteiger partial charge < -0.3 is 11.1 Å². The highest BCUT2D eigenvalue weighted by atomic mass is 32.1. The van der Waals surface area contributed by atoms with Crippen molar-refractivity contribution in [2.24, 2.45) is 0 Å². The number of anilines is 1. The lowest BCUT2D eigenvalue weighted by Gasteiger charge is -2.25. The molecule has 2 aromatic rings. The first-order chi connectivity index (χ1) is 10.2. The number of carbonyl (C=O) groups excluding carboxylic acids is 1. The summed E-state index contributed by atoms with van der Waals surface area (Å²) in [6, 6.07) is 8.74. The maximum absolute atomic E-state index is 12.0. The van der Waals surface area contributed by atoms with Crippen molar-refractivity contribution in [1.82, 2.24) is 10.3 Å². The summed E-state index contributed by atoms with van der Waals surface area (Å²) in [7, 11) is 0. The lowest BCUT2D eigenvalue weighted by Crippen LogP contribution is -2.38. The molecule has 1 aliphatic rings. The Morgan fingerprint density at radius 1 is 1.38 bits per heavy atom. The van der Waals surface area contributed by atoms with Crippen LogP contribution in [0.1, 0.15) is 29.7 Å². The first-order valence-electron chi connectivity index (χ1n) is 7.27. The van der Waals surface area contributed by atoms with Gasteiger partial charge in [0.1, 0.15) is 0 Å². The van der Waals surface area contributed by atoms with E-state index < -0.39 is 0 Å². The highest BCUT2D eigenvalue weighted by molar-refractivity contribution is 7.13. The number of carbonyl (C=O) groups is 1. The zero-order valence-electron chi connectivity index (χ0n) is 11.8. The van der Waals surface area contributed by atoms with Crippen molar-refractivity contribution in [3.05, 3.63) is 46.5 Å². The number of rotatable bonds is 4. The van der Waals surface area contributed by atoms with Crippen LogP contribution in [0.15, 0.2) is 29.6 Å². The Morgan fingerprint density at radius 2 is 2.19 bits per heavy atom. The molecule has 4 nitrogen and oxygen atoms in total. The maximum Gasteiger partial charge on any atom is 0.220 e. The Balaban J connectivity index is 1.50. The summed E-state index contributed by atoms with van der Waals surface area (Å²) in [6.45, 7) is 0. The summed E-state index contributed by atoms with van der Waals surface area (Å²) in [5.41, 5.74) is 9.27. The van der Waals surface area contributed by atoms with E-state index in [1.165, 1.54) is 22.5 Å². The van der Waals surface area contributed by atoms with Gasteiger partial charge in [-0.15, -0.1) is 11.3 Å². The Labute approximate surface area is 128 Å². The van der Waals surface area contributed by atoms with Crippen LogP contribution in [0.25, 0.3) is 0 Å². The molecule has 1 unspecified atom stereocenters. The third-order valence-corrected chi connectivity index (χ3v) is 4.61. The highest BCUT2D eigenvalue weighted by Gasteiger charge is 2.19. The SMILES string of the molecule is Nc1nc(CCC(=O)NC2CCc3ccccc3C2)cs1. The average Bonchev–Trinajstić information content (AvgIpc) is 2.91. The number of nitrogen functional groups attached to an aromatic ring is 1. The van der Waals surface area contributed by atoms with Gasteiger partial charge in [0.25, 0.3) is 0 Å². The number of nitrogens with two attached hydrogens (primary N) is 1. The van der Waals surface area contributed by atoms with E-state index in [1.807, 2.05) is 5.38 Å². The molecule has 0 radical (unpaired) electrons. The molecule has 0 saturated heterocycles. The molecule has 110 valence electrons. The fourth-order valence-electron chi connectivity index (χ4n) is 2.80. The quantitative estimate of drug-likeness (QED) is 0.910. The first kappa shape index (κ1) is 14.1. The molecule has 1 heterocycles. The van der Waals surface area contributed by atoms with Crippen molar-refractivity contribution in [3.8, 4) is 0 Å². The first-order valence-corrected chi connectivity index (χ1v) is 8.14. The monoisotopic (exact) mass is 301 g/mol. The molecule has 0 fully saturated rings. The molecule has 0 bridgehead atoms. The van der Waals surface area contributed by atoms with Gasteiger partial charge in [0.15, 0.2) is 5.13 Å². The van der Waals surface area contributed by atoms with Crippen molar-refractivity contribution in [1.29, 1.82) is 0 Å². The van der Waals surface area contributed by atoms with Crippen LogP contribution in [0.4, 0.5) is 5.13 Å². The van der Waals surface area contributed by atoms with E-state index >= 15 is 0 Å². The second kappa shape index (κ2) is 6.26. The largest absolute Gasteiger partial charge is 0.375 e. The maximum atomic E-state index is 12.0. The minimum atomic E-state index is 0.103. The number of nitrogens with zero attached hydrogens (tertiary/aromatic N) is 1. The molecular weight excluding hydrogens is 282 g/mol. The van der Waals surface area contributed by atoms with Gasteiger partial charge in [-0.1, -0.05) is 24.3 Å². The van der Waals surface area contributed by atoms with Crippen LogP contribution >= 0.6 is 11.3 Å². The van der Waals surface area contributed by atoms with E-state index in [0.717, 1.165) is 25.0 Å². The lowest BCUT2D eigenvalue weighted by atomic mass is 9.88. The molecule has 5 heteroatoms. The van der Waals surface area contributed by atoms with Crippen molar-refractivity contribution in [2.45, 2.75) is 38.1 Å². The van der Waals surface area contributed by atoms with E-state index in [9.17, 15) is 4.79 Å². The zero-order chi connectivity index (χ0) is 14.7. The van der Waals surface area contributed by atoms with Crippen LogP contribution < -0.4 is 11.1 Å². The Morgan fingerprint density at radius 3 is 2.95 bits per heavy atom.